The molecule has 2 N–H and O–H groups in total. The number of carboxylic acids is 1. The number of aliphatic carboxylic acids is 1. The van der Waals surface area contributed by atoms with Gasteiger partial charge in [0.1, 0.15) is 5.82 Å². The average Bonchev–Trinajstić information content (AvgIpc) is 2.33. The summed E-state index contributed by atoms with van der Waals surface area (Å²) in [5.41, 5.74) is 0.603. The smallest absolute Gasteiger partial charge is 0.303 e. The minimum atomic E-state index is -0.887. The van der Waals surface area contributed by atoms with E-state index in [0.717, 1.165) is 0 Å². The van der Waals surface area contributed by atoms with Gasteiger partial charge in [0, 0.05) is 13.0 Å². The predicted molar refractivity (Wildman–Crippen MR) is 64.7 cm³/mol. The van der Waals surface area contributed by atoms with E-state index in [1.165, 1.54) is 12.1 Å². The third-order valence-corrected chi connectivity index (χ3v) is 2.61. The first-order valence-corrected chi connectivity index (χ1v) is 5.75. The highest BCUT2D eigenvalue weighted by molar-refractivity contribution is 5.83. The maximum Gasteiger partial charge on any atom is 0.303 e. The van der Waals surface area contributed by atoms with Crippen molar-refractivity contribution < 1.29 is 19.1 Å². The van der Waals surface area contributed by atoms with Crippen molar-refractivity contribution in [3.8, 4) is 0 Å². The molecule has 1 aromatic carbocycles. The van der Waals surface area contributed by atoms with Crippen molar-refractivity contribution in [2.75, 3.05) is 6.54 Å². The Bertz CT molecular complexity index is 434. The van der Waals surface area contributed by atoms with Gasteiger partial charge in [0.05, 0.1) is 5.92 Å². The van der Waals surface area contributed by atoms with E-state index in [1.54, 1.807) is 19.1 Å². The predicted octanol–water partition coefficient (Wildman–Crippen LogP) is 1.91. The maximum atomic E-state index is 13.0. The summed E-state index contributed by atoms with van der Waals surface area (Å²) >= 11 is 0. The lowest BCUT2D eigenvalue weighted by Gasteiger charge is -2.12. The molecule has 0 unspecified atom stereocenters. The molecule has 0 fully saturated rings. The molecule has 0 aliphatic rings. The van der Waals surface area contributed by atoms with Gasteiger partial charge < -0.3 is 10.4 Å². The van der Waals surface area contributed by atoms with E-state index in [9.17, 15) is 14.0 Å². The standard InChI is InChI=1S/C13H16FNO3/c1-9(10-4-2-5-11(14)8-10)13(18)15-7-3-6-12(16)17/h2,4-5,8-9H,3,6-7H2,1H3,(H,15,18)(H,16,17)/t9-/m0/s1. The van der Waals surface area contributed by atoms with Crippen molar-refractivity contribution in [3.63, 3.8) is 0 Å². The lowest BCUT2D eigenvalue weighted by atomic mass is 10.0. The quantitative estimate of drug-likeness (QED) is 0.761. The SMILES string of the molecule is C[C@H](C(=O)NCCCC(=O)O)c1cccc(F)c1. The Morgan fingerprint density at radius 1 is 1.44 bits per heavy atom. The van der Waals surface area contributed by atoms with Crippen LogP contribution in [0.3, 0.4) is 0 Å². The van der Waals surface area contributed by atoms with Crippen LogP contribution in [0.5, 0.6) is 0 Å². The van der Waals surface area contributed by atoms with Gasteiger partial charge in [-0.2, -0.15) is 0 Å². The summed E-state index contributed by atoms with van der Waals surface area (Å²) in [5.74, 6) is -1.95. The van der Waals surface area contributed by atoms with Crippen molar-refractivity contribution in [2.45, 2.75) is 25.7 Å². The summed E-state index contributed by atoms with van der Waals surface area (Å²) < 4.78 is 13.0. The van der Waals surface area contributed by atoms with Crippen LogP contribution in [-0.2, 0) is 9.59 Å². The first-order chi connectivity index (χ1) is 8.50. The number of carboxylic acid groups (broad SMARTS) is 1. The van der Waals surface area contributed by atoms with E-state index in [0.29, 0.717) is 18.5 Å². The fourth-order valence-electron chi connectivity index (χ4n) is 1.53. The molecule has 1 amide bonds. The number of carbonyl (C=O) groups is 2. The lowest BCUT2D eigenvalue weighted by molar-refractivity contribution is -0.137. The van der Waals surface area contributed by atoms with Crippen LogP contribution in [0.15, 0.2) is 24.3 Å². The molecule has 0 aliphatic carbocycles. The van der Waals surface area contributed by atoms with Gasteiger partial charge in [-0.1, -0.05) is 12.1 Å². The third kappa shape index (κ3) is 4.53. The van der Waals surface area contributed by atoms with Crippen LogP contribution in [0.2, 0.25) is 0 Å². The van der Waals surface area contributed by atoms with Crippen LogP contribution >= 0.6 is 0 Å². The second-order valence-corrected chi connectivity index (χ2v) is 4.07. The Hall–Kier alpha value is -1.91. The van der Waals surface area contributed by atoms with Crippen molar-refractivity contribution in [2.24, 2.45) is 0 Å². The maximum absolute atomic E-state index is 13.0. The van der Waals surface area contributed by atoms with Gasteiger partial charge in [0.2, 0.25) is 5.91 Å². The number of nitrogens with one attached hydrogen (secondary N) is 1. The number of halogens is 1. The highest BCUT2D eigenvalue weighted by Gasteiger charge is 2.15. The van der Waals surface area contributed by atoms with Crippen molar-refractivity contribution in [3.05, 3.63) is 35.6 Å². The molecule has 0 aliphatic heterocycles. The van der Waals surface area contributed by atoms with E-state index >= 15 is 0 Å². The Morgan fingerprint density at radius 2 is 2.17 bits per heavy atom. The Labute approximate surface area is 105 Å². The van der Waals surface area contributed by atoms with E-state index in [4.69, 9.17) is 5.11 Å². The Kier molecular flexibility index (Phi) is 5.30. The van der Waals surface area contributed by atoms with Crippen LogP contribution in [0, 0.1) is 5.82 Å². The van der Waals surface area contributed by atoms with E-state index < -0.39 is 11.9 Å². The van der Waals surface area contributed by atoms with Gasteiger partial charge >= 0.3 is 5.97 Å². The molecule has 0 bridgehead atoms. The molecule has 1 aromatic rings. The first kappa shape index (κ1) is 14.2. The van der Waals surface area contributed by atoms with Crippen LogP contribution in [0.25, 0.3) is 0 Å². The number of hydrogen-bond donors (Lipinski definition) is 2. The topological polar surface area (TPSA) is 66.4 Å². The molecule has 0 saturated carbocycles. The van der Waals surface area contributed by atoms with Gasteiger partial charge in [-0.05, 0) is 31.0 Å². The van der Waals surface area contributed by atoms with Crippen LogP contribution < -0.4 is 5.32 Å². The van der Waals surface area contributed by atoms with Crippen LogP contribution in [0.1, 0.15) is 31.2 Å². The highest BCUT2D eigenvalue weighted by Crippen LogP contribution is 2.16. The second kappa shape index (κ2) is 6.74. The molecule has 5 heteroatoms. The van der Waals surface area contributed by atoms with E-state index in [2.05, 4.69) is 5.32 Å². The molecule has 4 nitrogen and oxygen atoms in total. The summed E-state index contributed by atoms with van der Waals surface area (Å²) in [4.78, 5) is 22.0. The fourth-order valence-corrected chi connectivity index (χ4v) is 1.53. The molecule has 0 saturated heterocycles. The lowest BCUT2D eigenvalue weighted by Crippen LogP contribution is -2.29. The van der Waals surface area contributed by atoms with E-state index in [1.807, 2.05) is 0 Å². The Balaban J connectivity index is 2.44. The van der Waals surface area contributed by atoms with Crippen molar-refractivity contribution >= 4 is 11.9 Å². The monoisotopic (exact) mass is 253 g/mol. The van der Waals surface area contributed by atoms with E-state index in [-0.39, 0.29) is 18.1 Å². The number of hydrogen-bond acceptors (Lipinski definition) is 2. The molecular formula is C13H16FNO3. The summed E-state index contributed by atoms with van der Waals surface area (Å²) in [6, 6.07) is 5.88. The molecular weight excluding hydrogens is 237 g/mol. The summed E-state index contributed by atoms with van der Waals surface area (Å²) in [5, 5.41) is 11.1. The number of carbonyl (C=O) groups excluding carboxylic acids is 1. The number of amides is 1. The van der Waals surface area contributed by atoms with Gasteiger partial charge in [0.25, 0.3) is 0 Å². The fraction of sp³-hybridized carbons (Fsp3) is 0.385. The van der Waals surface area contributed by atoms with Gasteiger partial charge in [-0.25, -0.2) is 4.39 Å². The number of benzene rings is 1. The molecule has 0 aromatic heterocycles. The molecule has 0 radical (unpaired) electrons. The minimum Gasteiger partial charge on any atom is -0.481 e. The third-order valence-electron chi connectivity index (χ3n) is 2.61. The molecule has 1 atom stereocenters. The van der Waals surface area contributed by atoms with Crippen molar-refractivity contribution in [1.82, 2.24) is 5.32 Å². The molecule has 98 valence electrons. The molecule has 0 heterocycles. The first-order valence-electron chi connectivity index (χ1n) is 5.75. The number of rotatable bonds is 6. The van der Waals surface area contributed by atoms with Gasteiger partial charge in [-0.3, -0.25) is 9.59 Å². The zero-order valence-electron chi connectivity index (χ0n) is 10.1. The zero-order valence-corrected chi connectivity index (χ0v) is 10.1. The Morgan fingerprint density at radius 3 is 2.78 bits per heavy atom. The zero-order chi connectivity index (χ0) is 13.5. The van der Waals surface area contributed by atoms with Crippen LogP contribution in [0.4, 0.5) is 4.39 Å². The normalized spacial score (nSPS) is 11.9. The molecule has 1 rings (SSSR count). The summed E-state index contributed by atoms with van der Waals surface area (Å²) in [7, 11) is 0. The summed E-state index contributed by atoms with van der Waals surface area (Å²) in [6.07, 6.45) is 0.408. The largest absolute Gasteiger partial charge is 0.481 e. The van der Waals surface area contributed by atoms with Gasteiger partial charge in [-0.15, -0.1) is 0 Å². The van der Waals surface area contributed by atoms with Crippen LogP contribution in [-0.4, -0.2) is 23.5 Å². The second-order valence-electron chi connectivity index (χ2n) is 4.07. The average molecular weight is 253 g/mol. The van der Waals surface area contributed by atoms with Gasteiger partial charge in [0.15, 0.2) is 0 Å². The highest BCUT2D eigenvalue weighted by atomic mass is 19.1. The minimum absolute atomic E-state index is 0.0224. The van der Waals surface area contributed by atoms with Crippen molar-refractivity contribution in [1.29, 1.82) is 0 Å². The molecule has 0 spiro atoms. The molecule has 18 heavy (non-hydrogen) atoms. The summed E-state index contributed by atoms with van der Waals surface area (Å²) in [6.45, 7) is 1.99.